The first-order valence-electron chi connectivity index (χ1n) is 8.89. The van der Waals surface area contributed by atoms with Crippen molar-refractivity contribution in [3.05, 3.63) is 64.1 Å². The highest BCUT2D eigenvalue weighted by Gasteiger charge is 2.34. The Morgan fingerprint density at radius 1 is 1.21 bits per heavy atom. The second-order valence-corrected chi connectivity index (χ2v) is 7.90. The number of hydrogen-bond donors (Lipinski definition) is 1. The molecule has 29 heavy (non-hydrogen) atoms. The Kier molecular flexibility index (Phi) is 5.46. The highest BCUT2D eigenvalue weighted by Crippen LogP contribution is 2.35. The molecule has 0 radical (unpaired) electrons. The Bertz CT molecular complexity index is 1050. The van der Waals surface area contributed by atoms with Crippen LogP contribution >= 0.6 is 22.9 Å². The van der Waals surface area contributed by atoms with E-state index < -0.39 is 0 Å². The summed E-state index contributed by atoms with van der Waals surface area (Å²) in [5.74, 6) is 0.339. The third-order valence-corrected chi connectivity index (χ3v) is 5.97. The van der Waals surface area contributed by atoms with Gasteiger partial charge in [-0.05, 0) is 36.4 Å². The number of hydrogen-bond acceptors (Lipinski definition) is 6. The monoisotopic (exact) mass is 428 g/mol. The molecule has 0 spiro atoms. The van der Waals surface area contributed by atoms with Gasteiger partial charge in [-0.3, -0.25) is 14.9 Å². The largest absolute Gasteiger partial charge is 0.497 e. The molecule has 0 bridgehead atoms. The Morgan fingerprint density at radius 2 is 1.97 bits per heavy atom. The van der Waals surface area contributed by atoms with E-state index in [0.717, 1.165) is 11.4 Å². The number of rotatable bonds is 5. The fraction of sp³-hybridized carbons (Fsp3) is 0.200. The summed E-state index contributed by atoms with van der Waals surface area (Å²) in [5.41, 5.74) is 1.18. The minimum atomic E-state index is -0.347. The van der Waals surface area contributed by atoms with Gasteiger partial charge in [-0.1, -0.05) is 35.1 Å². The molecule has 9 heteroatoms. The number of amides is 2. The molecule has 1 aliphatic heterocycles. The van der Waals surface area contributed by atoms with Crippen LogP contribution in [-0.2, 0) is 4.79 Å². The normalized spacial score (nSPS) is 16.1. The molecule has 1 atom stereocenters. The summed E-state index contributed by atoms with van der Waals surface area (Å²) in [6.07, 6.45) is 0.346. The molecule has 0 aliphatic carbocycles. The van der Waals surface area contributed by atoms with E-state index in [1.54, 1.807) is 36.3 Å². The van der Waals surface area contributed by atoms with Gasteiger partial charge in [-0.2, -0.15) is 0 Å². The van der Waals surface area contributed by atoms with E-state index >= 15 is 0 Å². The van der Waals surface area contributed by atoms with Gasteiger partial charge in [0.15, 0.2) is 0 Å². The Balaban J connectivity index is 1.45. The molecule has 2 heterocycles. The maximum absolute atomic E-state index is 12.5. The summed E-state index contributed by atoms with van der Waals surface area (Å²) in [4.78, 5) is 26.6. The number of methoxy groups -OCH3 is 1. The minimum absolute atomic E-state index is 0.0250. The molecular formula is C20H17ClN4O3S. The molecule has 0 saturated carbocycles. The van der Waals surface area contributed by atoms with E-state index in [1.165, 1.54) is 11.3 Å². The van der Waals surface area contributed by atoms with Gasteiger partial charge in [-0.25, -0.2) is 0 Å². The SMILES string of the molecule is COc1ccc(N2CC(c3nnc(NC(=O)c4ccccc4Cl)s3)CC2=O)cc1. The lowest BCUT2D eigenvalue weighted by molar-refractivity contribution is -0.117. The number of carbonyl (C=O) groups excluding carboxylic acids is 2. The predicted molar refractivity (Wildman–Crippen MR) is 112 cm³/mol. The number of nitrogens with zero attached hydrogens (tertiary/aromatic N) is 3. The molecular weight excluding hydrogens is 412 g/mol. The van der Waals surface area contributed by atoms with Crippen molar-refractivity contribution in [1.82, 2.24) is 10.2 Å². The van der Waals surface area contributed by atoms with Crippen molar-refractivity contribution in [2.75, 3.05) is 23.9 Å². The molecule has 7 nitrogen and oxygen atoms in total. The number of aromatic nitrogens is 2. The van der Waals surface area contributed by atoms with Crippen LogP contribution in [0.5, 0.6) is 5.75 Å². The zero-order valence-electron chi connectivity index (χ0n) is 15.5. The summed E-state index contributed by atoms with van der Waals surface area (Å²) < 4.78 is 5.16. The molecule has 1 fully saturated rings. The van der Waals surface area contributed by atoms with E-state index in [2.05, 4.69) is 15.5 Å². The summed E-state index contributed by atoms with van der Waals surface area (Å²) in [6.45, 7) is 0.512. The van der Waals surface area contributed by atoms with Crippen LogP contribution in [0.1, 0.15) is 27.7 Å². The fourth-order valence-electron chi connectivity index (χ4n) is 3.14. The molecule has 1 saturated heterocycles. The summed E-state index contributed by atoms with van der Waals surface area (Å²) in [6, 6.07) is 14.1. The van der Waals surface area contributed by atoms with Crippen LogP contribution in [0, 0.1) is 0 Å². The van der Waals surface area contributed by atoms with E-state index in [9.17, 15) is 9.59 Å². The minimum Gasteiger partial charge on any atom is -0.497 e. The van der Waals surface area contributed by atoms with Crippen LogP contribution < -0.4 is 15.0 Å². The van der Waals surface area contributed by atoms with E-state index in [0.29, 0.717) is 33.7 Å². The van der Waals surface area contributed by atoms with Gasteiger partial charge in [-0.15, -0.1) is 10.2 Å². The van der Waals surface area contributed by atoms with E-state index in [-0.39, 0.29) is 17.7 Å². The van der Waals surface area contributed by atoms with Crippen molar-refractivity contribution in [1.29, 1.82) is 0 Å². The number of ether oxygens (including phenoxy) is 1. The van der Waals surface area contributed by atoms with Crippen molar-refractivity contribution in [2.45, 2.75) is 12.3 Å². The van der Waals surface area contributed by atoms with Crippen molar-refractivity contribution in [3.8, 4) is 5.75 Å². The van der Waals surface area contributed by atoms with Crippen LogP contribution in [0.25, 0.3) is 0 Å². The number of carbonyl (C=O) groups is 2. The van der Waals surface area contributed by atoms with Crippen LogP contribution in [0.15, 0.2) is 48.5 Å². The molecule has 2 aromatic carbocycles. The Morgan fingerprint density at radius 3 is 2.69 bits per heavy atom. The lowest BCUT2D eigenvalue weighted by Gasteiger charge is -2.16. The molecule has 3 aromatic rings. The van der Waals surface area contributed by atoms with Crippen LogP contribution in [0.3, 0.4) is 0 Å². The van der Waals surface area contributed by atoms with Gasteiger partial charge < -0.3 is 9.64 Å². The number of benzene rings is 2. The topological polar surface area (TPSA) is 84.4 Å². The average molecular weight is 429 g/mol. The van der Waals surface area contributed by atoms with Crippen molar-refractivity contribution < 1.29 is 14.3 Å². The van der Waals surface area contributed by atoms with Crippen molar-refractivity contribution in [3.63, 3.8) is 0 Å². The fourth-order valence-corrected chi connectivity index (χ4v) is 4.20. The Hall–Kier alpha value is -2.97. The summed E-state index contributed by atoms with van der Waals surface area (Å²) in [5, 5.41) is 12.4. The zero-order chi connectivity index (χ0) is 20.4. The van der Waals surface area contributed by atoms with Crippen molar-refractivity contribution >= 4 is 45.6 Å². The van der Waals surface area contributed by atoms with Crippen LogP contribution in [0.2, 0.25) is 5.02 Å². The maximum atomic E-state index is 12.5. The van der Waals surface area contributed by atoms with Gasteiger partial charge in [0.25, 0.3) is 5.91 Å². The Labute approximate surface area is 176 Å². The summed E-state index contributed by atoms with van der Waals surface area (Å²) >= 11 is 7.33. The second-order valence-electron chi connectivity index (χ2n) is 6.48. The van der Waals surface area contributed by atoms with E-state index in [4.69, 9.17) is 16.3 Å². The first-order valence-corrected chi connectivity index (χ1v) is 10.1. The lowest BCUT2D eigenvalue weighted by Crippen LogP contribution is -2.24. The first kappa shape index (κ1) is 19.4. The van der Waals surface area contributed by atoms with E-state index in [1.807, 2.05) is 24.3 Å². The number of anilines is 2. The molecule has 1 aromatic heterocycles. The highest BCUT2D eigenvalue weighted by molar-refractivity contribution is 7.15. The van der Waals surface area contributed by atoms with Crippen molar-refractivity contribution in [2.24, 2.45) is 0 Å². The quantitative estimate of drug-likeness (QED) is 0.664. The third kappa shape index (κ3) is 4.08. The van der Waals surface area contributed by atoms with Gasteiger partial charge in [0, 0.05) is 24.6 Å². The van der Waals surface area contributed by atoms with Gasteiger partial charge in [0.05, 0.1) is 17.7 Å². The highest BCUT2D eigenvalue weighted by atomic mass is 35.5. The number of nitrogens with one attached hydrogen (secondary N) is 1. The second kappa shape index (κ2) is 8.18. The molecule has 1 aliphatic rings. The molecule has 148 valence electrons. The maximum Gasteiger partial charge on any atom is 0.259 e. The first-order chi connectivity index (χ1) is 14.0. The number of halogens is 1. The van der Waals surface area contributed by atoms with Gasteiger partial charge in [0.1, 0.15) is 10.8 Å². The third-order valence-electron chi connectivity index (χ3n) is 4.64. The average Bonchev–Trinajstić information content (AvgIpc) is 3.35. The predicted octanol–water partition coefficient (Wildman–Crippen LogP) is 3.97. The smallest absolute Gasteiger partial charge is 0.259 e. The molecule has 4 rings (SSSR count). The van der Waals surface area contributed by atoms with Gasteiger partial charge >= 0.3 is 0 Å². The van der Waals surface area contributed by atoms with Gasteiger partial charge in [0.2, 0.25) is 11.0 Å². The lowest BCUT2D eigenvalue weighted by atomic mass is 10.1. The van der Waals surface area contributed by atoms with Crippen LogP contribution in [0.4, 0.5) is 10.8 Å². The summed E-state index contributed by atoms with van der Waals surface area (Å²) in [7, 11) is 1.60. The molecule has 1 N–H and O–H groups in total. The van der Waals surface area contributed by atoms with Crippen LogP contribution in [-0.4, -0.2) is 35.7 Å². The standard InChI is InChI=1S/C20H17ClN4O3S/c1-28-14-8-6-13(7-9-14)25-11-12(10-17(25)26)19-23-24-20(29-19)22-18(27)15-4-2-3-5-16(15)21/h2-9,12H,10-11H2,1H3,(H,22,24,27). The molecule has 1 unspecified atom stereocenters. The molecule has 2 amide bonds. The zero-order valence-corrected chi connectivity index (χ0v) is 17.0.